The van der Waals surface area contributed by atoms with E-state index in [4.69, 9.17) is 0 Å². The predicted molar refractivity (Wildman–Crippen MR) is 75.9 cm³/mol. The van der Waals surface area contributed by atoms with Crippen molar-refractivity contribution in [1.82, 2.24) is 9.55 Å². The maximum atomic E-state index is 10.5. The van der Waals surface area contributed by atoms with Gasteiger partial charge in [-0.2, -0.15) is 0 Å². The summed E-state index contributed by atoms with van der Waals surface area (Å²) < 4.78 is 1.96. The molecule has 3 aromatic rings. The van der Waals surface area contributed by atoms with E-state index in [2.05, 4.69) is 17.1 Å². The summed E-state index contributed by atoms with van der Waals surface area (Å²) in [5.41, 5.74) is 1.73. The average molecular weight is 252 g/mol. The van der Waals surface area contributed by atoms with Gasteiger partial charge in [0.25, 0.3) is 0 Å². The highest BCUT2D eigenvalue weighted by atomic mass is 16.3. The molecule has 1 N–H and O–H groups in total. The van der Waals surface area contributed by atoms with Crippen LogP contribution in [0.3, 0.4) is 0 Å². The molecule has 0 radical (unpaired) electrons. The number of nitrogens with zero attached hydrogens (tertiary/aromatic N) is 2. The zero-order valence-electron chi connectivity index (χ0n) is 10.8. The molecule has 0 spiro atoms. The molecule has 0 bridgehead atoms. The highest BCUT2D eigenvalue weighted by molar-refractivity contribution is 5.83. The summed E-state index contributed by atoms with van der Waals surface area (Å²) in [7, 11) is 0. The van der Waals surface area contributed by atoms with Gasteiger partial charge in [0.15, 0.2) is 0 Å². The van der Waals surface area contributed by atoms with E-state index >= 15 is 0 Å². The van der Waals surface area contributed by atoms with E-state index in [1.54, 1.807) is 12.5 Å². The molecule has 1 atom stereocenters. The molecule has 1 aromatic heterocycles. The molecular weight excluding hydrogens is 236 g/mol. The second-order valence-corrected chi connectivity index (χ2v) is 4.61. The SMILES string of the molecule is CCn1cncc1C(O)c1ccc2ccccc2c1. The second-order valence-electron chi connectivity index (χ2n) is 4.61. The molecule has 0 aliphatic carbocycles. The van der Waals surface area contributed by atoms with Crippen LogP contribution in [0.1, 0.15) is 24.3 Å². The van der Waals surface area contributed by atoms with Crippen molar-refractivity contribution >= 4 is 10.8 Å². The first-order valence-electron chi connectivity index (χ1n) is 6.46. The molecule has 3 heteroatoms. The van der Waals surface area contributed by atoms with E-state index in [9.17, 15) is 5.11 Å². The monoisotopic (exact) mass is 252 g/mol. The minimum atomic E-state index is -0.632. The van der Waals surface area contributed by atoms with Gasteiger partial charge in [-0.05, 0) is 29.3 Å². The third-order valence-corrected chi connectivity index (χ3v) is 3.45. The molecule has 1 heterocycles. The van der Waals surface area contributed by atoms with Crippen molar-refractivity contribution in [2.24, 2.45) is 0 Å². The van der Waals surface area contributed by atoms with E-state index in [-0.39, 0.29) is 0 Å². The molecule has 0 fully saturated rings. The number of fused-ring (bicyclic) bond motifs is 1. The maximum Gasteiger partial charge on any atom is 0.121 e. The molecular formula is C16H16N2O. The van der Waals surface area contributed by atoms with Gasteiger partial charge in [-0.15, -0.1) is 0 Å². The Bertz CT molecular complexity index is 703. The Balaban J connectivity index is 2.04. The lowest BCUT2D eigenvalue weighted by molar-refractivity contribution is 0.210. The van der Waals surface area contributed by atoms with Crippen LogP contribution in [-0.2, 0) is 6.54 Å². The third-order valence-electron chi connectivity index (χ3n) is 3.45. The summed E-state index contributed by atoms with van der Waals surface area (Å²) in [5, 5.41) is 12.8. The predicted octanol–water partition coefficient (Wildman–Crippen LogP) is 3.14. The van der Waals surface area contributed by atoms with Gasteiger partial charge >= 0.3 is 0 Å². The fourth-order valence-corrected chi connectivity index (χ4v) is 2.37. The van der Waals surface area contributed by atoms with Gasteiger partial charge in [0.05, 0.1) is 18.2 Å². The van der Waals surface area contributed by atoms with E-state index < -0.39 is 6.10 Å². The van der Waals surface area contributed by atoms with E-state index in [1.807, 2.05) is 41.8 Å². The molecule has 0 amide bonds. The van der Waals surface area contributed by atoms with Crippen LogP contribution in [0.4, 0.5) is 0 Å². The molecule has 0 saturated carbocycles. The fraction of sp³-hybridized carbons (Fsp3) is 0.188. The minimum absolute atomic E-state index is 0.632. The van der Waals surface area contributed by atoms with Crippen LogP contribution < -0.4 is 0 Å². The lowest BCUT2D eigenvalue weighted by atomic mass is 10.0. The van der Waals surface area contributed by atoms with E-state index in [0.29, 0.717) is 0 Å². The van der Waals surface area contributed by atoms with Gasteiger partial charge in [-0.1, -0.05) is 36.4 Å². The summed E-state index contributed by atoms with van der Waals surface area (Å²) in [6.07, 6.45) is 2.84. The smallest absolute Gasteiger partial charge is 0.121 e. The van der Waals surface area contributed by atoms with Crippen molar-refractivity contribution in [1.29, 1.82) is 0 Å². The number of hydrogen-bond acceptors (Lipinski definition) is 2. The number of aryl methyl sites for hydroxylation is 1. The lowest BCUT2D eigenvalue weighted by Crippen LogP contribution is -2.07. The Morgan fingerprint density at radius 2 is 1.95 bits per heavy atom. The largest absolute Gasteiger partial charge is 0.382 e. The minimum Gasteiger partial charge on any atom is -0.382 e. The first-order chi connectivity index (χ1) is 9.29. The highest BCUT2D eigenvalue weighted by Crippen LogP contribution is 2.25. The van der Waals surface area contributed by atoms with Gasteiger partial charge in [-0.3, -0.25) is 0 Å². The fourth-order valence-electron chi connectivity index (χ4n) is 2.37. The molecule has 0 aliphatic heterocycles. The van der Waals surface area contributed by atoms with Crippen LogP contribution in [0.15, 0.2) is 55.0 Å². The van der Waals surface area contributed by atoms with Crippen LogP contribution >= 0.6 is 0 Å². The highest BCUT2D eigenvalue weighted by Gasteiger charge is 2.14. The van der Waals surface area contributed by atoms with Gasteiger partial charge in [0.2, 0.25) is 0 Å². The van der Waals surface area contributed by atoms with Crippen LogP contribution in [-0.4, -0.2) is 14.7 Å². The standard InChI is InChI=1S/C16H16N2O/c1-2-18-11-17-10-15(18)16(19)14-8-7-12-5-3-4-6-13(12)9-14/h3-11,16,19H,2H2,1H3. The average Bonchev–Trinajstić information content (AvgIpc) is 2.94. The van der Waals surface area contributed by atoms with E-state index in [1.165, 1.54) is 5.39 Å². The second kappa shape index (κ2) is 4.86. The summed E-state index contributed by atoms with van der Waals surface area (Å²) in [6, 6.07) is 14.2. The van der Waals surface area contributed by atoms with Crippen molar-refractivity contribution < 1.29 is 5.11 Å². The van der Waals surface area contributed by atoms with Crippen molar-refractivity contribution in [2.75, 3.05) is 0 Å². The Kier molecular flexibility index (Phi) is 3.05. The van der Waals surface area contributed by atoms with Crippen LogP contribution in [0.25, 0.3) is 10.8 Å². The summed E-state index contributed by atoms with van der Waals surface area (Å²) in [6.45, 7) is 2.85. The van der Waals surface area contributed by atoms with Crippen molar-refractivity contribution in [3.8, 4) is 0 Å². The summed E-state index contributed by atoms with van der Waals surface area (Å²) in [4.78, 5) is 4.10. The Hall–Kier alpha value is -2.13. The summed E-state index contributed by atoms with van der Waals surface area (Å²) in [5.74, 6) is 0. The zero-order chi connectivity index (χ0) is 13.2. The van der Waals surface area contributed by atoms with Gasteiger partial charge < -0.3 is 9.67 Å². The van der Waals surface area contributed by atoms with E-state index in [0.717, 1.165) is 23.2 Å². The normalized spacial score (nSPS) is 12.7. The Labute approximate surface area is 112 Å². The number of benzene rings is 2. The van der Waals surface area contributed by atoms with Gasteiger partial charge in [0.1, 0.15) is 6.10 Å². The molecule has 19 heavy (non-hydrogen) atoms. The zero-order valence-corrected chi connectivity index (χ0v) is 10.8. The van der Waals surface area contributed by atoms with Crippen LogP contribution in [0, 0.1) is 0 Å². The molecule has 2 aromatic carbocycles. The first kappa shape index (κ1) is 11.9. The molecule has 3 nitrogen and oxygen atoms in total. The van der Waals surface area contributed by atoms with Gasteiger partial charge in [-0.25, -0.2) is 4.98 Å². The quantitative estimate of drug-likeness (QED) is 0.777. The summed E-state index contributed by atoms with van der Waals surface area (Å²) >= 11 is 0. The van der Waals surface area contributed by atoms with Gasteiger partial charge in [0, 0.05) is 6.54 Å². The Morgan fingerprint density at radius 1 is 1.16 bits per heavy atom. The molecule has 1 unspecified atom stereocenters. The number of aliphatic hydroxyl groups excluding tert-OH is 1. The number of imidazole rings is 1. The lowest BCUT2D eigenvalue weighted by Gasteiger charge is -2.13. The van der Waals surface area contributed by atoms with Crippen LogP contribution in [0.5, 0.6) is 0 Å². The third kappa shape index (κ3) is 2.13. The molecule has 3 rings (SSSR count). The molecule has 0 saturated heterocycles. The van der Waals surface area contributed by atoms with Crippen molar-refractivity contribution in [3.63, 3.8) is 0 Å². The van der Waals surface area contributed by atoms with Crippen molar-refractivity contribution in [3.05, 3.63) is 66.2 Å². The number of hydrogen-bond donors (Lipinski definition) is 1. The number of aromatic nitrogens is 2. The maximum absolute atomic E-state index is 10.5. The molecule has 96 valence electrons. The molecule has 0 aliphatic rings. The number of rotatable bonds is 3. The topological polar surface area (TPSA) is 38.0 Å². The van der Waals surface area contributed by atoms with Crippen LogP contribution in [0.2, 0.25) is 0 Å². The Morgan fingerprint density at radius 3 is 2.74 bits per heavy atom. The number of aliphatic hydroxyl groups is 1. The first-order valence-corrected chi connectivity index (χ1v) is 6.46. The van der Waals surface area contributed by atoms with Crippen molar-refractivity contribution in [2.45, 2.75) is 19.6 Å².